The number of halogens is 1. The van der Waals surface area contributed by atoms with Gasteiger partial charge in [-0.15, -0.1) is 0 Å². The summed E-state index contributed by atoms with van der Waals surface area (Å²) in [6, 6.07) is 15.8. The number of aliphatic hydroxyl groups is 1. The molecular weight excluding hydrogens is 446 g/mol. The van der Waals surface area contributed by atoms with E-state index in [1.165, 1.54) is 5.56 Å². The fourth-order valence-electron chi connectivity index (χ4n) is 4.20. The van der Waals surface area contributed by atoms with Crippen LogP contribution in [0, 0.1) is 0 Å². The van der Waals surface area contributed by atoms with Crippen LogP contribution >= 0.6 is 15.9 Å². The number of imide groups is 1. The molecule has 7 heteroatoms. The molecule has 0 radical (unpaired) electrons. The molecule has 2 aliphatic heterocycles. The first-order valence-corrected chi connectivity index (χ1v) is 11.1. The Hall–Kier alpha value is -2.06. The van der Waals surface area contributed by atoms with Gasteiger partial charge in [-0.25, -0.2) is 0 Å². The fraction of sp³-hybridized carbons (Fsp3) is 0.391. The molecule has 4 rings (SSSR count). The number of piperidine rings is 1. The van der Waals surface area contributed by atoms with Crippen LogP contribution in [0.5, 0.6) is 0 Å². The average molecular weight is 472 g/mol. The van der Waals surface area contributed by atoms with Gasteiger partial charge in [0, 0.05) is 37.1 Å². The van der Waals surface area contributed by atoms with E-state index in [1.807, 2.05) is 36.4 Å². The Kier molecular flexibility index (Phi) is 6.34. The minimum absolute atomic E-state index is 0.218. The Bertz CT molecular complexity index is 937. The molecule has 0 aromatic heterocycles. The molecule has 3 N–H and O–H groups in total. The number of nitrogens with one attached hydrogen (secondary N) is 2. The van der Waals surface area contributed by atoms with Gasteiger partial charge in [-0.1, -0.05) is 58.4 Å². The number of rotatable bonds is 6. The van der Waals surface area contributed by atoms with E-state index in [2.05, 4.69) is 43.6 Å². The molecule has 2 atom stereocenters. The number of hydrogen-bond acceptors (Lipinski definition) is 5. The summed E-state index contributed by atoms with van der Waals surface area (Å²) >= 11 is 3.58. The maximum absolute atomic E-state index is 12.0. The highest BCUT2D eigenvalue weighted by molar-refractivity contribution is 9.10. The number of nitrogens with zero attached hydrogens (tertiary/aromatic N) is 1. The molecular formula is C23H26BrN3O3. The molecule has 0 bridgehead atoms. The van der Waals surface area contributed by atoms with Gasteiger partial charge in [-0.3, -0.25) is 19.8 Å². The van der Waals surface area contributed by atoms with Crippen molar-refractivity contribution < 1.29 is 14.7 Å². The molecule has 2 fully saturated rings. The van der Waals surface area contributed by atoms with Gasteiger partial charge < -0.3 is 10.4 Å². The quantitative estimate of drug-likeness (QED) is 0.563. The second-order valence-electron chi connectivity index (χ2n) is 8.17. The molecule has 30 heavy (non-hydrogen) atoms. The van der Waals surface area contributed by atoms with Crippen LogP contribution in [-0.4, -0.2) is 41.0 Å². The summed E-state index contributed by atoms with van der Waals surface area (Å²) in [4.78, 5) is 25.6. The SMILES string of the molecule is O=C1CCC(NCc2cc([C@]3(O)CCN(Cc4ccccc4)C3)ccc2Br)C(=O)N1. The van der Waals surface area contributed by atoms with Gasteiger partial charge in [0.05, 0.1) is 6.04 Å². The average Bonchev–Trinajstić information content (AvgIpc) is 3.11. The molecule has 2 saturated heterocycles. The molecule has 0 aliphatic carbocycles. The van der Waals surface area contributed by atoms with Crippen molar-refractivity contribution in [3.8, 4) is 0 Å². The summed E-state index contributed by atoms with van der Waals surface area (Å²) < 4.78 is 0.925. The summed E-state index contributed by atoms with van der Waals surface area (Å²) in [6.07, 6.45) is 1.53. The Morgan fingerprint density at radius 3 is 2.77 bits per heavy atom. The second-order valence-corrected chi connectivity index (χ2v) is 9.02. The number of benzene rings is 2. The van der Waals surface area contributed by atoms with Crippen molar-refractivity contribution in [2.45, 2.75) is 44.0 Å². The molecule has 158 valence electrons. The Morgan fingerprint density at radius 2 is 2.00 bits per heavy atom. The van der Waals surface area contributed by atoms with Crippen molar-refractivity contribution in [2.24, 2.45) is 0 Å². The lowest BCUT2D eigenvalue weighted by molar-refractivity contribution is -0.134. The van der Waals surface area contributed by atoms with E-state index in [9.17, 15) is 14.7 Å². The van der Waals surface area contributed by atoms with Crippen molar-refractivity contribution in [2.75, 3.05) is 13.1 Å². The zero-order valence-corrected chi connectivity index (χ0v) is 18.3. The first kappa shape index (κ1) is 21.2. The van der Waals surface area contributed by atoms with E-state index < -0.39 is 5.60 Å². The molecule has 0 saturated carbocycles. The van der Waals surface area contributed by atoms with Crippen molar-refractivity contribution in [3.05, 3.63) is 69.7 Å². The van der Waals surface area contributed by atoms with Crippen molar-refractivity contribution in [1.82, 2.24) is 15.5 Å². The Morgan fingerprint density at radius 1 is 1.20 bits per heavy atom. The van der Waals surface area contributed by atoms with Gasteiger partial charge in [0.15, 0.2) is 0 Å². The van der Waals surface area contributed by atoms with E-state index >= 15 is 0 Å². The lowest BCUT2D eigenvalue weighted by atomic mass is 9.91. The van der Waals surface area contributed by atoms with Crippen molar-refractivity contribution in [3.63, 3.8) is 0 Å². The predicted octanol–water partition coefficient (Wildman–Crippen LogP) is 2.44. The summed E-state index contributed by atoms with van der Waals surface area (Å²) in [5.74, 6) is -0.491. The maximum Gasteiger partial charge on any atom is 0.243 e. The zero-order chi connectivity index (χ0) is 21.1. The smallest absolute Gasteiger partial charge is 0.243 e. The van der Waals surface area contributed by atoms with Crippen LogP contribution in [0.25, 0.3) is 0 Å². The number of amides is 2. The predicted molar refractivity (Wildman–Crippen MR) is 117 cm³/mol. The number of carbonyl (C=O) groups is 2. The van der Waals surface area contributed by atoms with E-state index in [4.69, 9.17) is 0 Å². The summed E-state index contributed by atoms with van der Waals surface area (Å²) in [5.41, 5.74) is 2.22. The maximum atomic E-state index is 12.0. The Labute approximate surface area is 184 Å². The molecule has 2 amide bonds. The molecule has 0 spiro atoms. The number of β-amino-alcohol motifs (C(OH)–C–C–N with tert-alkyl or cyclic N) is 1. The minimum Gasteiger partial charge on any atom is -0.384 e. The first-order valence-electron chi connectivity index (χ1n) is 10.3. The summed E-state index contributed by atoms with van der Waals surface area (Å²) in [7, 11) is 0. The zero-order valence-electron chi connectivity index (χ0n) is 16.7. The largest absolute Gasteiger partial charge is 0.384 e. The molecule has 2 aliphatic rings. The number of likely N-dealkylation sites (tertiary alicyclic amines) is 1. The molecule has 6 nitrogen and oxygen atoms in total. The molecule has 2 heterocycles. The number of carbonyl (C=O) groups excluding carboxylic acids is 2. The normalized spacial score (nSPS) is 24.8. The monoisotopic (exact) mass is 471 g/mol. The van der Waals surface area contributed by atoms with E-state index in [0.29, 0.717) is 32.4 Å². The van der Waals surface area contributed by atoms with Gasteiger partial charge in [-0.05, 0) is 35.6 Å². The third-order valence-corrected chi connectivity index (χ3v) is 6.71. The summed E-state index contributed by atoms with van der Waals surface area (Å²) in [5, 5.41) is 16.9. The molecule has 2 aromatic carbocycles. The van der Waals surface area contributed by atoms with Crippen LogP contribution in [0.15, 0.2) is 53.0 Å². The summed E-state index contributed by atoms with van der Waals surface area (Å²) in [6.45, 7) is 2.73. The first-order chi connectivity index (χ1) is 14.4. The third-order valence-electron chi connectivity index (χ3n) is 5.94. The van der Waals surface area contributed by atoms with Crippen molar-refractivity contribution >= 4 is 27.7 Å². The van der Waals surface area contributed by atoms with Crippen molar-refractivity contribution in [1.29, 1.82) is 0 Å². The van der Waals surface area contributed by atoms with Crippen LogP contribution in [0.2, 0.25) is 0 Å². The third kappa shape index (κ3) is 4.81. The standard InChI is InChI=1S/C23H26BrN3O3/c24-19-7-6-18(12-17(19)13-25-20-8-9-21(28)26-22(20)29)23(30)10-11-27(15-23)14-16-4-2-1-3-5-16/h1-7,12,20,25,30H,8-11,13-15H2,(H,26,28,29)/t20?,23-/m0/s1. The highest BCUT2D eigenvalue weighted by Gasteiger charge is 2.38. The fourth-order valence-corrected chi connectivity index (χ4v) is 4.59. The second kappa shape index (κ2) is 8.98. The highest BCUT2D eigenvalue weighted by atomic mass is 79.9. The molecule has 1 unspecified atom stereocenters. The van der Waals surface area contributed by atoms with Crippen LogP contribution in [0.4, 0.5) is 0 Å². The Balaban J connectivity index is 1.42. The van der Waals surface area contributed by atoms with Gasteiger partial charge in [0.2, 0.25) is 11.8 Å². The molecule has 2 aromatic rings. The lowest BCUT2D eigenvalue weighted by Gasteiger charge is -2.26. The van der Waals surface area contributed by atoms with Gasteiger partial charge in [0.1, 0.15) is 5.60 Å². The lowest BCUT2D eigenvalue weighted by Crippen LogP contribution is -2.50. The van der Waals surface area contributed by atoms with Gasteiger partial charge >= 0.3 is 0 Å². The minimum atomic E-state index is -0.890. The van der Waals surface area contributed by atoms with Crippen LogP contribution in [-0.2, 0) is 28.3 Å². The topological polar surface area (TPSA) is 81.7 Å². The van der Waals surface area contributed by atoms with E-state index in [0.717, 1.165) is 28.7 Å². The van der Waals surface area contributed by atoms with Gasteiger partial charge in [0.25, 0.3) is 0 Å². The van der Waals surface area contributed by atoms with E-state index in [1.54, 1.807) is 0 Å². The highest BCUT2D eigenvalue weighted by Crippen LogP contribution is 2.34. The van der Waals surface area contributed by atoms with E-state index in [-0.39, 0.29) is 17.9 Å². The van der Waals surface area contributed by atoms with Crippen LogP contribution < -0.4 is 10.6 Å². The van der Waals surface area contributed by atoms with Crippen LogP contribution in [0.1, 0.15) is 36.0 Å². The number of hydrogen-bond donors (Lipinski definition) is 3. The van der Waals surface area contributed by atoms with Gasteiger partial charge in [-0.2, -0.15) is 0 Å². The van der Waals surface area contributed by atoms with Crippen LogP contribution in [0.3, 0.4) is 0 Å².